The van der Waals surface area contributed by atoms with Crippen molar-refractivity contribution >= 4 is 46.6 Å². The number of carbonyl (C=O) groups excluding carboxylic acids is 1. The lowest BCUT2D eigenvalue weighted by molar-refractivity contribution is -0.115. The van der Waals surface area contributed by atoms with Crippen molar-refractivity contribution in [1.29, 1.82) is 0 Å². The fourth-order valence-corrected chi connectivity index (χ4v) is 3.29. The van der Waals surface area contributed by atoms with E-state index in [4.69, 9.17) is 29.0 Å². The molecule has 134 valence electrons. The minimum atomic E-state index is -0.434. The molecule has 1 atom stereocenters. The Balaban J connectivity index is 1.71. The van der Waals surface area contributed by atoms with Gasteiger partial charge in [-0.05, 0) is 43.3 Å². The summed E-state index contributed by atoms with van der Waals surface area (Å²) in [5, 5.41) is 12.1. The van der Waals surface area contributed by atoms with Crippen LogP contribution in [0.3, 0.4) is 0 Å². The van der Waals surface area contributed by atoms with Crippen LogP contribution in [0.15, 0.2) is 53.7 Å². The number of thioether (sulfide) groups is 1. The summed E-state index contributed by atoms with van der Waals surface area (Å²) in [5.41, 5.74) is 1.34. The third-order valence-corrected chi connectivity index (χ3v) is 5.18. The summed E-state index contributed by atoms with van der Waals surface area (Å²) in [6, 6.07) is 14.1. The molecule has 6 nitrogen and oxygen atoms in total. The van der Waals surface area contributed by atoms with E-state index in [0.717, 1.165) is 0 Å². The van der Waals surface area contributed by atoms with E-state index in [-0.39, 0.29) is 5.91 Å². The molecule has 0 aliphatic rings. The number of benzene rings is 2. The lowest BCUT2D eigenvalue weighted by Crippen LogP contribution is -2.23. The second-order valence-corrected chi connectivity index (χ2v) is 7.56. The van der Waals surface area contributed by atoms with Crippen molar-refractivity contribution in [3.63, 3.8) is 0 Å². The highest BCUT2D eigenvalue weighted by atomic mass is 35.5. The quantitative estimate of drug-likeness (QED) is 0.491. The Morgan fingerprint density at radius 2 is 1.85 bits per heavy atom. The number of carbonyl (C=O) groups is 1. The van der Waals surface area contributed by atoms with Crippen LogP contribution in [0.1, 0.15) is 6.92 Å². The van der Waals surface area contributed by atoms with Crippen molar-refractivity contribution in [2.75, 3.05) is 11.2 Å². The molecule has 0 bridgehead atoms. The summed E-state index contributed by atoms with van der Waals surface area (Å²) in [5.74, 6) is 6.34. The first kappa shape index (κ1) is 18.6. The summed E-state index contributed by atoms with van der Waals surface area (Å²) < 4.78 is 1.33. The molecule has 1 aromatic heterocycles. The van der Waals surface area contributed by atoms with E-state index < -0.39 is 5.25 Å². The number of anilines is 1. The average molecular weight is 408 g/mol. The SMILES string of the molecule is C[C@H](Sc1nnc(-c2ccccc2Cl)n1N)C(=O)Nc1ccc(Cl)cc1. The normalized spacial score (nSPS) is 12.0. The number of nitrogens with two attached hydrogens (primary N) is 1. The summed E-state index contributed by atoms with van der Waals surface area (Å²) in [6.07, 6.45) is 0. The van der Waals surface area contributed by atoms with E-state index in [1.165, 1.54) is 16.4 Å². The van der Waals surface area contributed by atoms with E-state index >= 15 is 0 Å². The molecule has 2 aromatic carbocycles. The maximum atomic E-state index is 12.4. The highest BCUT2D eigenvalue weighted by Gasteiger charge is 2.20. The van der Waals surface area contributed by atoms with E-state index in [9.17, 15) is 4.79 Å². The van der Waals surface area contributed by atoms with E-state index in [1.54, 1.807) is 43.3 Å². The Kier molecular flexibility index (Phi) is 5.70. The molecular formula is C17H15Cl2N5OS. The van der Waals surface area contributed by atoms with Crippen molar-refractivity contribution in [3.8, 4) is 11.4 Å². The summed E-state index contributed by atoms with van der Waals surface area (Å²) in [6.45, 7) is 1.76. The number of nitrogens with zero attached hydrogens (tertiary/aromatic N) is 3. The second-order valence-electron chi connectivity index (χ2n) is 5.41. The molecule has 0 aliphatic heterocycles. The summed E-state index contributed by atoms with van der Waals surface area (Å²) >= 11 is 13.2. The van der Waals surface area contributed by atoms with Crippen LogP contribution in [-0.2, 0) is 4.79 Å². The van der Waals surface area contributed by atoms with Crippen LogP contribution in [0, 0.1) is 0 Å². The van der Waals surface area contributed by atoms with Gasteiger partial charge in [0.15, 0.2) is 5.82 Å². The van der Waals surface area contributed by atoms with Crippen LogP contribution >= 0.6 is 35.0 Å². The number of aromatic nitrogens is 3. The molecule has 3 aromatic rings. The molecule has 0 radical (unpaired) electrons. The van der Waals surface area contributed by atoms with Crippen LogP contribution < -0.4 is 11.2 Å². The molecular weight excluding hydrogens is 393 g/mol. The zero-order valence-corrected chi connectivity index (χ0v) is 16.0. The number of hydrogen-bond acceptors (Lipinski definition) is 5. The van der Waals surface area contributed by atoms with Gasteiger partial charge in [0.25, 0.3) is 0 Å². The molecule has 1 amide bonds. The number of hydrogen-bond donors (Lipinski definition) is 2. The third kappa shape index (κ3) is 4.12. The Morgan fingerprint density at radius 3 is 2.54 bits per heavy atom. The lowest BCUT2D eigenvalue weighted by Gasteiger charge is -2.11. The molecule has 0 fully saturated rings. The zero-order chi connectivity index (χ0) is 18.7. The van der Waals surface area contributed by atoms with Crippen LogP contribution in [0.4, 0.5) is 5.69 Å². The van der Waals surface area contributed by atoms with E-state index in [1.807, 2.05) is 12.1 Å². The molecule has 0 unspecified atom stereocenters. The number of amides is 1. The van der Waals surface area contributed by atoms with Gasteiger partial charge >= 0.3 is 0 Å². The predicted molar refractivity (Wildman–Crippen MR) is 106 cm³/mol. The first-order chi connectivity index (χ1) is 12.5. The molecule has 26 heavy (non-hydrogen) atoms. The largest absolute Gasteiger partial charge is 0.335 e. The highest BCUT2D eigenvalue weighted by molar-refractivity contribution is 8.00. The first-order valence-electron chi connectivity index (χ1n) is 7.64. The van der Waals surface area contributed by atoms with Crippen LogP contribution in [0.5, 0.6) is 0 Å². The van der Waals surface area contributed by atoms with Crippen LogP contribution in [0.2, 0.25) is 10.0 Å². The average Bonchev–Trinajstić information content (AvgIpc) is 2.98. The second kappa shape index (κ2) is 7.99. The summed E-state index contributed by atoms with van der Waals surface area (Å²) in [7, 11) is 0. The molecule has 0 saturated carbocycles. The Hall–Kier alpha value is -2.22. The Bertz CT molecular complexity index is 929. The Labute approximate surface area is 164 Å². The van der Waals surface area contributed by atoms with Crippen molar-refractivity contribution in [3.05, 3.63) is 58.6 Å². The zero-order valence-electron chi connectivity index (χ0n) is 13.7. The van der Waals surface area contributed by atoms with Crippen molar-refractivity contribution in [2.45, 2.75) is 17.3 Å². The van der Waals surface area contributed by atoms with Gasteiger partial charge in [-0.1, -0.05) is 47.1 Å². The maximum absolute atomic E-state index is 12.4. The van der Waals surface area contributed by atoms with Gasteiger partial charge < -0.3 is 11.2 Å². The molecule has 0 saturated heterocycles. The van der Waals surface area contributed by atoms with Crippen molar-refractivity contribution in [1.82, 2.24) is 14.9 Å². The first-order valence-corrected chi connectivity index (χ1v) is 9.27. The van der Waals surface area contributed by atoms with E-state index in [0.29, 0.717) is 32.3 Å². The van der Waals surface area contributed by atoms with Gasteiger partial charge in [0.1, 0.15) is 0 Å². The van der Waals surface area contributed by atoms with Crippen LogP contribution in [-0.4, -0.2) is 26.0 Å². The number of halogens is 2. The monoisotopic (exact) mass is 407 g/mol. The maximum Gasteiger partial charge on any atom is 0.237 e. The number of rotatable bonds is 5. The lowest BCUT2D eigenvalue weighted by atomic mass is 10.2. The van der Waals surface area contributed by atoms with Crippen molar-refractivity contribution in [2.24, 2.45) is 0 Å². The predicted octanol–water partition coefficient (Wildman–Crippen LogP) is 4.09. The molecule has 0 aliphatic carbocycles. The minimum Gasteiger partial charge on any atom is -0.335 e. The van der Waals surface area contributed by atoms with Gasteiger partial charge in [0.05, 0.1) is 10.3 Å². The fraction of sp³-hybridized carbons (Fsp3) is 0.118. The van der Waals surface area contributed by atoms with Gasteiger partial charge in [0, 0.05) is 16.3 Å². The fourth-order valence-electron chi connectivity index (χ4n) is 2.17. The van der Waals surface area contributed by atoms with Gasteiger partial charge in [-0.3, -0.25) is 4.79 Å². The summed E-state index contributed by atoms with van der Waals surface area (Å²) in [4.78, 5) is 12.4. The number of nitrogen functional groups attached to an aromatic ring is 1. The van der Waals surface area contributed by atoms with Crippen molar-refractivity contribution < 1.29 is 4.79 Å². The minimum absolute atomic E-state index is 0.181. The van der Waals surface area contributed by atoms with E-state index in [2.05, 4.69) is 15.5 Å². The topological polar surface area (TPSA) is 85.8 Å². The Morgan fingerprint density at radius 1 is 1.15 bits per heavy atom. The van der Waals surface area contributed by atoms with Crippen LogP contribution in [0.25, 0.3) is 11.4 Å². The van der Waals surface area contributed by atoms with Gasteiger partial charge in [-0.2, -0.15) is 0 Å². The smallest absolute Gasteiger partial charge is 0.237 e. The van der Waals surface area contributed by atoms with Gasteiger partial charge in [0.2, 0.25) is 11.1 Å². The molecule has 1 heterocycles. The molecule has 9 heteroatoms. The highest BCUT2D eigenvalue weighted by Crippen LogP contribution is 2.29. The molecule has 3 N–H and O–H groups in total. The van der Waals surface area contributed by atoms with Gasteiger partial charge in [-0.25, -0.2) is 4.68 Å². The molecule has 0 spiro atoms. The number of nitrogens with one attached hydrogen (secondary N) is 1. The standard InChI is InChI=1S/C17H15Cl2N5OS/c1-10(16(25)21-12-8-6-11(18)7-9-12)26-17-23-22-15(24(17)20)13-4-2-3-5-14(13)19/h2-10H,20H2,1H3,(H,21,25)/t10-/m0/s1. The third-order valence-electron chi connectivity index (χ3n) is 3.54. The molecule has 3 rings (SSSR count). The van der Waals surface area contributed by atoms with Gasteiger partial charge in [-0.15, -0.1) is 10.2 Å².